The quantitative estimate of drug-likeness (QED) is 0.472. The maximum atomic E-state index is 13.4. The van der Waals surface area contributed by atoms with Crippen molar-refractivity contribution < 1.29 is 17.5 Å². The van der Waals surface area contributed by atoms with Crippen LogP contribution in [0.1, 0.15) is 31.8 Å². The minimum atomic E-state index is -3.81. The number of nitrogens with one attached hydrogen (secondary N) is 1. The Morgan fingerprint density at radius 3 is 2.57 bits per heavy atom. The molecule has 1 saturated heterocycles. The topological polar surface area (TPSA) is 113 Å². The predicted molar refractivity (Wildman–Crippen MR) is 130 cm³/mol. The Morgan fingerprint density at radius 1 is 1.17 bits per heavy atom. The van der Waals surface area contributed by atoms with Gasteiger partial charge in [0.05, 0.1) is 22.8 Å². The summed E-state index contributed by atoms with van der Waals surface area (Å²) in [4.78, 5) is 22.2. The molecule has 1 N–H and O–H groups in total. The van der Waals surface area contributed by atoms with Gasteiger partial charge in [-0.2, -0.15) is 4.31 Å². The van der Waals surface area contributed by atoms with Gasteiger partial charge in [-0.25, -0.2) is 22.3 Å². The monoisotopic (exact) mass is 506 g/mol. The van der Waals surface area contributed by atoms with E-state index in [1.54, 1.807) is 13.0 Å². The fourth-order valence-corrected chi connectivity index (χ4v) is 5.79. The van der Waals surface area contributed by atoms with Crippen molar-refractivity contribution in [1.29, 1.82) is 0 Å². The maximum Gasteiger partial charge on any atom is 0.277 e. The van der Waals surface area contributed by atoms with Crippen LogP contribution in [0.5, 0.6) is 5.75 Å². The molecule has 10 nitrogen and oxygen atoms in total. The molecule has 0 aliphatic carbocycles. The van der Waals surface area contributed by atoms with Crippen LogP contribution >= 0.6 is 0 Å². The lowest BCUT2D eigenvalue weighted by Crippen LogP contribution is -2.49. The van der Waals surface area contributed by atoms with Gasteiger partial charge >= 0.3 is 0 Å². The number of rotatable bonds is 9. The van der Waals surface area contributed by atoms with Gasteiger partial charge in [0.25, 0.3) is 5.56 Å². The molecule has 0 unspecified atom stereocenters. The third-order valence-corrected chi connectivity index (χ3v) is 7.99. The molecule has 0 bridgehead atoms. The number of hydrogen-bond donors (Lipinski definition) is 1. The number of piperazine rings is 1. The molecule has 35 heavy (non-hydrogen) atoms. The molecule has 0 radical (unpaired) electrons. The van der Waals surface area contributed by atoms with Crippen LogP contribution < -0.4 is 10.3 Å². The molecule has 1 fully saturated rings. The molecule has 1 aliphatic rings. The summed E-state index contributed by atoms with van der Waals surface area (Å²) < 4.78 is 48.2. The normalized spacial score (nSPS) is 15.7. The molecule has 3 heterocycles. The minimum Gasteiger partial charge on any atom is -0.493 e. The van der Waals surface area contributed by atoms with Gasteiger partial charge < -0.3 is 9.72 Å². The number of aryl methyl sites for hydroxylation is 2. The summed E-state index contributed by atoms with van der Waals surface area (Å²) in [6.45, 7) is 7.30. The van der Waals surface area contributed by atoms with Crippen LogP contribution in [-0.4, -0.2) is 83.2 Å². The lowest BCUT2D eigenvalue weighted by molar-refractivity contribution is 0.177. The number of fused-ring (bicyclic) bond motifs is 1. The molecular weight excluding hydrogens is 475 g/mol. The minimum absolute atomic E-state index is 0.0771. The summed E-state index contributed by atoms with van der Waals surface area (Å²) in [5, 5.41) is 4.62. The van der Waals surface area contributed by atoms with Crippen molar-refractivity contribution in [2.24, 2.45) is 0 Å². The number of sulfonamides is 1. The average Bonchev–Trinajstić information content (AvgIpc) is 3.15. The van der Waals surface area contributed by atoms with Crippen molar-refractivity contribution in [3.63, 3.8) is 0 Å². The second-order valence-corrected chi connectivity index (χ2v) is 10.4. The van der Waals surface area contributed by atoms with E-state index >= 15 is 0 Å². The van der Waals surface area contributed by atoms with Gasteiger partial charge in [0.15, 0.2) is 11.3 Å². The van der Waals surface area contributed by atoms with E-state index in [-0.39, 0.29) is 29.4 Å². The summed E-state index contributed by atoms with van der Waals surface area (Å²) in [6.07, 6.45) is 1.48. The molecule has 12 heteroatoms. The Morgan fingerprint density at radius 2 is 1.91 bits per heavy atom. The number of halogens is 1. The van der Waals surface area contributed by atoms with Gasteiger partial charge in [-0.05, 0) is 38.5 Å². The number of alkyl halides is 1. The number of aromatic amines is 1. The predicted octanol–water partition coefficient (Wildman–Crippen LogP) is 2.02. The van der Waals surface area contributed by atoms with E-state index in [9.17, 15) is 17.6 Å². The van der Waals surface area contributed by atoms with Gasteiger partial charge in [0, 0.05) is 39.1 Å². The van der Waals surface area contributed by atoms with E-state index in [1.807, 2.05) is 18.7 Å². The van der Waals surface area contributed by atoms with E-state index in [4.69, 9.17) is 4.74 Å². The first-order chi connectivity index (χ1) is 16.8. The lowest BCUT2D eigenvalue weighted by Gasteiger charge is -2.33. The first-order valence-electron chi connectivity index (χ1n) is 11.8. The lowest BCUT2D eigenvalue weighted by atomic mass is 10.2. The first-order valence-corrected chi connectivity index (χ1v) is 13.3. The molecular formula is C23H31FN6O4S. The van der Waals surface area contributed by atoms with Crippen molar-refractivity contribution in [2.45, 2.75) is 38.5 Å². The van der Waals surface area contributed by atoms with E-state index < -0.39 is 16.7 Å². The highest BCUT2D eigenvalue weighted by Gasteiger charge is 2.29. The Bertz CT molecular complexity index is 1360. The third kappa shape index (κ3) is 4.95. The standard InChI is InChI=1S/C23H31FN6O4S/c1-4-6-20-25-16(3)21-23(31)26-22(27-30(20)21)18-15-17(7-8-19(18)34-5-2)35(32,33)29-13-11-28(10-9-24)12-14-29/h7-8,15H,4-6,9-14H2,1-3H3,(H,26,27,31). The molecule has 1 aliphatic heterocycles. The SMILES string of the molecule is CCCc1nc(C)c2c(=O)[nH]c(-c3cc(S(=O)(=O)N4CCN(CCF)CC4)ccc3OCC)nn12. The highest BCUT2D eigenvalue weighted by atomic mass is 32.2. The number of imidazole rings is 1. The van der Waals surface area contributed by atoms with Crippen molar-refractivity contribution in [1.82, 2.24) is 28.8 Å². The molecule has 0 amide bonds. The summed E-state index contributed by atoms with van der Waals surface area (Å²) in [5.74, 6) is 1.28. The van der Waals surface area contributed by atoms with Crippen LogP contribution in [0.3, 0.4) is 0 Å². The Kier molecular flexibility index (Phi) is 7.53. The third-order valence-electron chi connectivity index (χ3n) is 6.09. The smallest absolute Gasteiger partial charge is 0.277 e. The van der Waals surface area contributed by atoms with Gasteiger partial charge in [-0.15, -0.1) is 5.10 Å². The summed E-state index contributed by atoms with van der Waals surface area (Å²) in [7, 11) is -3.81. The highest BCUT2D eigenvalue weighted by Crippen LogP contribution is 2.31. The Hall–Kier alpha value is -2.83. The fourth-order valence-electron chi connectivity index (χ4n) is 4.34. The second kappa shape index (κ2) is 10.4. The summed E-state index contributed by atoms with van der Waals surface area (Å²) >= 11 is 0. The van der Waals surface area contributed by atoms with E-state index in [0.29, 0.717) is 61.0 Å². The van der Waals surface area contributed by atoms with Crippen LogP contribution in [0.2, 0.25) is 0 Å². The zero-order chi connectivity index (χ0) is 25.2. The zero-order valence-electron chi connectivity index (χ0n) is 20.3. The number of nitrogens with zero attached hydrogens (tertiary/aromatic N) is 5. The number of hydrogen-bond acceptors (Lipinski definition) is 7. The number of ether oxygens (including phenoxy) is 1. The van der Waals surface area contributed by atoms with Gasteiger partial charge in [0.2, 0.25) is 10.0 Å². The Balaban J connectivity index is 1.78. The van der Waals surface area contributed by atoms with Gasteiger partial charge in [-0.1, -0.05) is 6.92 Å². The van der Waals surface area contributed by atoms with Crippen molar-refractivity contribution in [3.8, 4) is 17.1 Å². The van der Waals surface area contributed by atoms with Gasteiger partial charge in [0.1, 0.15) is 18.2 Å². The molecule has 0 saturated carbocycles. The first kappa shape index (κ1) is 25.3. The molecule has 190 valence electrons. The van der Waals surface area contributed by atoms with Crippen LogP contribution in [-0.2, 0) is 16.4 Å². The van der Waals surface area contributed by atoms with Crippen LogP contribution in [0.15, 0.2) is 27.9 Å². The molecule has 0 spiro atoms. The average molecular weight is 507 g/mol. The van der Waals surface area contributed by atoms with E-state index in [0.717, 1.165) is 6.42 Å². The Labute approximate surface area is 203 Å². The van der Waals surface area contributed by atoms with Gasteiger partial charge in [-0.3, -0.25) is 9.69 Å². The zero-order valence-corrected chi connectivity index (χ0v) is 21.1. The van der Waals surface area contributed by atoms with Crippen molar-refractivity contribution in [3.05, 3.63) is 40.1 Å². The highest BCUT2D eigenvalue weighted by molar-refractivity contribution is 7.89. The van der Waals surface area contributed by atoms with E-state index in [1.165, 1.54) is 21.0 Å². The fraction of sp³-hybridized carbons (Fsp3) is 0.522. The summed E-state index contributed by atoms with van der Waals surface area (Å²) in [6, 6.07) is 4.57. The largest absolute Gasteiger partial charge is 0.493 e. The van der Waals surface area contributed by atoms with Crippen molar-refractivity contribution >= 4 is 15.5 Å². The second-order valence-electron chi connectivity index (χ2n) is 8.45. The van der Waals surface area contributed by atoms with E-state index in [2.05, 4.69) is 15.1 Å². The molecule has 4 rings (SSSR count). The molecule has 2 aromatic heterocycles. The number of H-pyrrole nitrogens is 1. The molecule has 1 aromatic carbocycles. The summed E-state index contributed by atoms with van der Waals surface area (Å²) in [5.41, 5.74) is 0.964. The van der Waals surface area contributed by atoms with Crippen LogP contribution in [0.4, 0.5) is 4.39 Å². The van der Waals surface area contributed by atoms with Crippen molar-refractivity contribution in [2.75, 3.05) is 46.0 Å². The number of benzene rings is 1. The number of aromatic nitrogens is 4. The van der Waals surface area contributed by atoms with Crippen LogP contribution in [0.25, 0.3) is 16.9 Å². The van der Waals surface area contributed by atoms with Crippen LogP contribution in [0, 0.1) is 6.92 Å². The molecule has 0 atom stereocenters. The molecule has 3 aromatic rings. The maximum absolute atomic E-state index is 13.4.